The van der Waals surface area contributed by atoms with Gasteiger partial charge in [-0.05, 0) is 31.3 Å². The fourth-order valence-electron chi connectivity index (χ4n) is 4.15. The van der Waals surface area contributed by atoms with Crippen LogP contribution in [0.25, 0.3) is 21.9 Å². The second kappa shape index (κ2) is 9.87. The number of rotatable bonds is 9. The minimum Gasteiger partial charge on any atom is -0.465 e. The van der Waals surface area contributed by atoms with E-state index in [1.165, 1.54) is 7.11 Å². The number of likely N-dealkylation sites (N-methyl/N-ethyl adjacent to an activating group) is 1. The maximum Gasteiger partial charge on any atom is 0.340 e. The van der Waals surface area contributed by atoms with Crippen molar-refractivity contribution in [1.29, 1.82) is 0 Å². The van der Waals surface area contributed by atoms with E-state index in [4.69, 9.17) is 4.74 Å². The summed E-state index contributed by atoms with van der Waals surface area (Å²) in [4.78, 5) is 32.2. The summed E-state index contributed by atoms with van der Waals surface area (Å²) in [6.45, 7) is 7.85. The van der Waals surface area contributed by atoms with Crippen molar-refractivity contribution in [1.82, 2.24) is 19.0 Å². The standard InChI is InChI=1S/C25H29N5O3/c1-4-28(5-2)14-15-30-22-13-9-7-11-20(22)26-25(30)27-23(31)17-29-16-19(24(32)33-3)18-10-6-8-12-21(18)29/h6-13,16H,4-5,14-15,17H2,1-3H3,(H,26,27,31). The maximum absolute atomic E-state index is 13.0. The number of carbonyl (C=O) groups excluding carboxylic acids is 2. The Morgan fingerprint density at radius 2 is 1.73 bits per heavy atom. The molecule has 8 nitrogen and oxygen atoms in total. The van der Waals surface area contributed by atoms with Crippen molar-refractivity contribution in [2.75, 3.05) is 32.1 Å². The lowest BCUT2D eigenvalue weighted by atomic mass is 10.2. The molecule has 0 aliphatic heterocycles. The van der Waals surface area contributed by atoms with Gasteiger partial charge in [0.15, 0.2) is 0 Å². The molecule has 1 N–H and O–H groups in total. The van der Waals surface area contributed by atoms with Crippen molar-refractivity contribution < 1.29 is 14.3 Å². The Morgan fingerprint density at radius 3 is 2.45 bits per heavy atom. The predicted octanol–water partition coefficient (Wildman–Crippen LogP) is 3.76. The van der Waals surface area contributed by atoms with E-state index in [1.54, 1.807) is 10.8 Å². The second-order valence-corrected chi connectivity index (χ2v) is 7.83. The highest BCUT2D eigenvalue weighted by molar-refractivity contribution is 6.05. The topological polar surface area (TPSA) is 81.4 Å². The van der Waals surface area contributed by atoms with Crippen LogP contribution in [0.2, 0.25) is 0 Å². The number of nitrogens with one attached hydrogen (secondary N) is 1. The summed E-state index contributed by atoms with van der Waals surface area (Å²) in [7, 11) is 1.35. The van der Waals surface area contributed by atoms with E-state index in [9.17, 15) is 9.59 Å². The molecule has 4 aromatic rings. The minimum atomic E-state index is -0.427. The van der Waals surface area contributed by atoms with Crippen LogP contribution in [0.1, 0.15) is 24.2 Å². The van der Waals surface area contributed by atoms with E-state index in [0.717, 1.165) is 48.1 Å². The van der Waals surface area contributed by atoms with Crippen molar-refractivity contribution >= 4 is 39.8 Å². The number of fused-ring (bicyclic) bond motifs is 2. The number of imidazole rings is 1. The Morgan fingerprint density at radius 1 is 1.03 bits per heavy atom. The van der Waals surface area contributed by atoms with Crippen LogP contribution in [-0.2, 0) is 22.6 Å². The Labute approximate surface area is 192 Å². The summed E-state index contributed by atoms with van der Waals surface area (Å²) in [6, 6.07) is 15.3. The quantitative estimate of drug-likeness (QED) is 0.395. The first-order valence-corrected chi connectivity index (χ1v) is 11.2. The molecule has 2 heterocycles. The number of carbonyl (C=O) groups is 2. The van der Waals surface area contributed by atoms with Crippen LogP contribution in [0.3, 0.4) is 0 Å². The number of hydrogen-bond acceptors (Lipinski definition) is 5. The van der Waals surface area contributed by atoms with Crippen LogP contribution >= 0.6 is 0 Å². The molecule has 2 aromatic heterocycles. The minimum absolute atomic E-state index is 0.0523. The number of nitrogens with zero attached hydrogens (tertiary/aromatic N) is 4. The zero-order chi connectivity index (χ0) is 23.4. The third-order valence-corrected chi connectivity index (χ3v) is 5.95. The van der Waals surface area contributed by atoms with Gasteiger partial charge in [0.05, 0.1) is 23.7 Å². The van der Waals surface area contributed by atoms with E-state index in [2.05, 4.69) is 33.6 Å². The summed E-state index contributed by atoms with van der Waals surface area (Å²) < 4.78 is 8.72. The third-order valence-electron chi connectivity index (χ3n) is 5.95. The van der Waals surface area contributed by atoms with Crippen molar-refractivity contribution in [2.45, 2.75) is 26.9 Å². The van der Waals surface area contributed by atoms with Crippen LogP contribution in [0.5, 0.6) is 0 Å². The van der Waals surface area contributed by atoms with Gasteiger partial charge in [-0.1, -0.05) is 44.2 Å². The highest BCUT2D eigenvalue weighted by Gasteiger charge is 2.18. The SMILES string of the molecule is CCN(CC)CCn1c(NC(=O)Cn2cc(C(=O)OC)c3ccccc32)nc2ccccc21. The predicted molar refractivity (Wildman–Crippen MR) is 129 cm³/mol. The first-order valence-electron chi connectivity index (χ1n) is 11.2. The van der Waals surface area contributed by atoms with E-state index >= 15 is 0 Å². The smallest absolute Gasteiger partial charge is 0.340 e. The van der Waals surface area contributed by atoms with E-state index in [0.29, 0.717) is 11.5 Å². The molecule has 0 aliphatic carbocycles. The van der Waals surface area contributed by atoms with Crippen molar-refractivity contribution in [3.63, 3.8) is 0 Å². The molecular formula is C25H29N5O3. The Hall–Kier alpha value is -3.65. The summed E-state index contributed by atoms with van der Waals surface area (Å²) in [5.41, 5.74) is 3.06. The van der Waals surface area contributed by atoms with Crippen LogP contribution in [-0.4, -0.2) is 57.6 Å². The number of para-hydroxylation sites is 3. The Balaban J connectivity index is 1.60. The van der Waals surface area contributed by atoms with Gasteiger partial charge in [-0.2, -0.15) is 0 Å². The maximum atomic E-state index is 13.0. The highest BCUT2D eigenvalue weighted by Crippen LogP contribution is 2.23. The molecule has 0 bridgehead atoms. The average Bonchev–Trinajstić information content (AvgIpc) is 3.37. The van der Waals surface area contributed by atoms with E-state index in [1.807, 2.05) is 48.5 Å². The van der Waals surface area contributed by atoms with Crippen molar-refractivity contribution in [3.8, 4) is 0 Å². The zero-order valence-electron chi connectivity index (χ0n) is 19.2. The number of ether oxygens (including phenoxy) is 1. The van der Waals surface area contributed by atoms with Gasteiger partial charge in [-0.15, -0.1) is 0 Å². The lowest BCUT2D eigenvalue weighted by Crippen LogP contribution is -2.28. The molecule has 0 atom stereocenters. The third kappa shape index (κ3) is 4.61. The molecule has 0 fully saturated rings. The van der Waals surface area contributed by atoms with Crippen LogP contribution < -0.4 is 5.32 Å². The summed E-state index contributed by atoms with van der Waals surface area (Å²) in [5.74, 6) is -0.117. The molecule has 0 spiro atoms. The van der Waals surface area contributed by atoms with Gasteiger partial charge in [0.2, 0.25) is 11.9 Å². The fraction of sp³-hybridized carbons (Fsp3) is 0.320. The van der Waals surface area contributed by atoms with E-state index < -0.39 is 5.97 Å². The molecule has 2 aromatic carbocycles. The van der Waals surface area contributed by atoms with Crippen LogP contribution in [0, 0.1) is 0 Å². The molecule has 172 valence electrons. The molecule has 0 saturated heterocycles. The van der Waals surface area contributed by atoms with Gasteiger partial charge in [0.25, 0.3) is 0 Å². The first-order chi connectivity index (χ1) is 16.0. The molecule has 8 heteroatoms. The number of hydrogen-bond donors (Lipinski definition) is 1. The molecular weight excluding hydrogens is 418 g/mol. The highest BCUT2D eigenvalue weighted by atomic mass is 16.5. The van der Waals surface area contributed by atoms with Gasteiger partial charge in [0, 0.05) is 30.2 Å². The van der Waals surface area contributed by atoms with Crippen molar-refractivity contribution in [2.24, 2.45) is 0 Å². The van der Waals surface area contributed by atoms with Crippen LogP contribution in [0.15, 0.2) is 54.7 Å². The normalized spacial score (nSPS) is 11.4. The number of amides is 1. The number of benzene rings is 2. The Kier molecular flexibility index (Phi) is 6.74. The molecule has 0 radical (unpaired) electrons. The number of esters is 1. The molecule has 1 amide bonds. The number of anilines is 1. The largest absolute Gasteiger partial charge is 0.465 e. The summed E-state index contributed by atoms with van der Waals surface area (Å²) >= 11 is 0. The van der Waals surface area contributed by atoms with Gasteiger partial charge in [0.1, 0.15) is 6.54 Å². The molecule has 0 aliphatic rings. The molecule has 33 heavy (non-hydrogen) atoms. The fourth-order valence-corrected chi connectivity index (χ4v) is 4.15. The Bertz CT molecular complexity index is 1290. The van der Waals surface area contributed by atoms with Crippen LogP contribution in [0.4, 0.5) is 5.95 Å². The zero-order valence-corrected chi connectivity index (χ0v) is 19.2. The van der Waals surface area contributed by atoms with Gasteiger partial charge in [-0.3, -0.25) is 10.1 Å². The van der Waals surface area contributed by atoms with Gasteiger partial charge >= 0.3 is 5.97 Å². The molecule has 0 unspecified atom stereocenters. The number of methoxy groups -OCH3 is 1. The summed E-state index contributed by atoms with van der Waals surface area (Å²) in [6.07, 6.45) is 1.67. The lowest BCUT2D eigenvalue weighted by Gasteiger charge is -2.19. The summed E-state index contributed by atoms with van der Waals surface area (Å²) in [5, 5.41) is 3.74. The molecule has 0 saturated carbocycles. The lowest BCUT2D eigenvalue weighted by molar-refractivity contribution is -0.116. The average molecular weight is 448 g/mol. The number of aromatic nitrogens is 3. The first kappa shape index (κ1) is 22.5. The van der Waals surface area contributed by atoms with Gasteiger partial charge in [-0.25, -0.2) is 9.78 Å². The van der Waals surface area contributed by atoms with E-state index in [-0.39, 0.29) is 12.5 Å². The second-order valence-electron chi connectivity index (χ2n) is 7.83. The monoisotopic (exact) mass is 447 g/mol. The van der Waals surface area contributed by atoms with Gasteiger partial charge < -0.3 is 18.8 Å². The van der Waals surface area contributed by atoms with Crippen molar-refractivity contribution in [3.05, 3.63) is 60.3 Å². The molecule has 4 rings (SSSR count).